The highest BCUT2D eigenvalue weighted by Crippen LogP contribution is 2.25. The van der Waals surface area contributed by atoms with Crippen molar-refractivity contribution >= 4 is 17.4 Å². The number of nitrogens with one attached hydrogen (secondary N) is 1. The summed E-state index contributed by atoms with van der Waals surface area (Å²) in [5.41, 5.74) is 0.812. The number of carbonyl (C=O) groups is 2. The fourth-order valence-electron chi connectivity index (χ4n) is 2.98. The van der Waals surface area contributed by atoms with Crippen molar-refractivity contribution in [1.82, 2.24) is 10.2 Å². The summed E-state index contributed by atoms with van der Waals surface area (Å²) in [6.07, 6.45) is 2.18. The molecule has 1 heterocycles. The molecular formula is C17H22FN3O2. The molecule has 1 amide bonds. The minimum Gasteiger partial charge on any atom is -0.368 e. The number of piperazine rings is 1. The first-order chi connectivity index (χ1) is 11.0. The van der Waals surface area contributed by atoms with Crippen LogP contribution in [0.3, 0.4) is 0 Å². The lowest BCUT2D eigenvalue weighted by molar-refractivity contribution is -0.122. The second-order valence-electron chi connectivity index (χ2n) is 6.30. The first kappa shape index (κ1) is 15.9. The summed E-state index contributed by atoms with van der Waals surface area (Å²) in [7, 11) is 0. The van der Waals surface area contributed by atoms with Crippen molar-refractivity contribution in [3.05, 3.63) is 29.6 Å². The van der Waals surface area contributed by atoms with E-state index in [0.29, 0.717) is 31.4 Å². The summed E-state index contributed by atoms with van der Waals surface area (Å²) in [6.45, 7) is 4.62. The molecule has 3 rings (SSSR count). The van der Waals surface area contributed by atoms with Gasteiger partial charge in [-0.25, -0.2) is 4.39 Å². The van der Waals surface area contributed by atoms with E-state index in [1.54, 1.807) is 12.1 Å². The number of amides is 1. The largest absolute Gasteiger partial charge is 0.368 e. The summed E-state index contributed by atoms with van der Waals surface area (Å²) in [5.74, 6) is -0.651. The van der Waals surface area contributed by atoms with Crippen LogP contribution in [0.5, 0.6) is 0 Å². The molecule has 0 radical (unpaired) electrons. The first-order valence-corrected chi connectivity index (χ1v) is 8.10. The Balaban J connectivity index is 1.59. The van der Waals surface area contributed by atoms with Crippen LogP contribution >= 0.6 is 0 Å². The highest BCUT2D eigenvalue weighted by Gasteiger charge is 2.26. The zero-order valence-corrected chi connectivity index (χ0v) is 13.3. The monoisotopic (exact) mass is 319 g/mol. The number of hydrogen-bond donors (Lipinski definition) is 1. The predicted molar refractivity (Wildman–Crippen MR) is 86.2 cm³/mol. The molecule has 1 saturated heterocycles. The van der Waals surface area contributed by atoms with Crippen LogP contribution in [0.1, 0.15) is 30.1 Å². The highest BCUT2D eigenvalue weighted by molar-refractivity contribution is 6.00. The summed E-state index contributed by atoms with van der Waals surface area (Å²) in [5, 5.41) is 2.99. The molecule has 0 bridgehead atoms. The van der Waals surface area contributed by atoms with E-state index in [1.165, 1.54) is 13.0 Å². The Morgan fingerprint density at radius 2 is 1.91 bits per heavy atom. The maximum absolute atomic E-state index is 13.9. The highest BCUT2D eigenvalue weighted by atomic mass is 19.1. The molecule has 0 aromatic heterocycles. The van der Waals surface area contributed by atoms with E-state index in [0.717, 1.165) is 25.9 Å². The number of ketones is 1. The number of nitrogens with zero attached hydrogens (tertiary/aromatic N) is 2. The first-order valence-electron chi connectivity index (χ1n) is 8.10. The molecule has 1 aliphatic carbocycles. The third-order valence-electron chi connectivity index (χ3n) is 4.37. The maximum Gasteiger partial charge on any atom is 0.234 e. The van der Waals surface area contributed by atoms with Gasteiger partial charge in [-0.2, -0.15) is 0 Å². The van der Waals surface area contributed by atoms with Crippen molar-refractivity contribution in [1.29, 1.82) is 0 Å². The minimum atomic E-state index is -0.471. The van der Waals surface area contributed by atoms with Gasteiger partial charge in [-0.3, -0.25) is 14.5 Å². The van der Waals surface area contributed by atoms with Crippen LogP contribution in [0.25, 0.3) is 0 Å². The smallest absolute Gasteiger partial charge is 0.234 e. The van der Waals surface area contributed by atoms with Gasteiger partial charge in [0.1, 0.15) is 5.82 Å². The SMILES string of the molecule is CC(=O)c1c(F)cccc1N1CCN(CC(=O)NC2CC2)CC1. The molecular weight excluding hydrogens is 297 g/mol. The van der Waals surface area contributed by atoms with Gasteiger partial charge in [0.15, 0.2) is 5.78 Å². The van der Waals surface area contributed by atoms with E-state index in [1.807, 2.05) is 4.90 Å². The van der Waals surface area contributed by atoms with E-state index in [9.17, 15) is 14.0 Å². The molecule has 1 aromatic carbocycles. The van der Waals surface area contributed by atoms with E-state index in [4.69, 9.17) is 0 Å². The number of Topliss-reactive ketones (excluding diaryl/α,β-unsaturated/α-hetero) is 1. The number of anilines is 1. The van der Waals surface area contributed by atoms with Crippen molar-refractivity contribution in [2.45, 2.75) is 25.8 Å². The Bertz CT molecular complexity index is 608. The van der Waals surface area contributed by atoms with Gasteiger partial charge in [-0.15, -0.1) is 0 Å². The molecule has 1 saturated carbocycles. The van der Waals surface area contributed by atoms with Gasteiger partial charge >= 0.3 is 0 Å². The Morgan fingerprint density at radius 1 is 1.22 bits per heavy atom. The van der Waals surface area contributed by atoms with E-state index in [-0.39, 0.29) is 17.3 Å². The average Bonchev–Trinajstić information content (AvgIpc) is 3.31. The Morgan fingerprint density at radius 3 is 2.52 bits per heavy atom. The molecule has 1 aliphatic heterocycles. The second kappa shape index (κ2) is 6.66. The predicted octanol–water partition coefficient (Wildman–Crippen LogP) is 1.43. The number of carbonyl (C=O) groups excluding carboxylic acids is 2. The van der Waals surface area contributed by atoms with Crippen LogP contribution < -0.4 is 10.2 Å². The molecule has 6 heteroatoms. The van der Waals surface area contributed by atoms with Gasteiger partial charge in [0, 0.05) is 32.2 Å². The molecule has 1 N–H and O–H groups in total. The van der Waals surface area contributed by atoms with Crippen molar-refractivity contribution in [2.75, 3.05) is 37.6 Å². The molecule has 0 atom stereocenters. The Hall–Kier alpha value is -1.95. The number of halogens is 1. The molecule has 0 spiro atoms. The third kappa shape index (κ3) is 3.88. The molecule has 2 aliphatic rings. The van der Waals surface area contributed by atoms with E-state index in [2.05, 4.69) is 10.2 Å². The fraction of sp³-hybridized carbons (Fsp3) is 0.529. The van der Waals surface area contributed by atoms with E-state index >= 15 is 0 Å². The van der Waals surface area contributed by atoms with Gasteiger partial charge in [0.2, 0.25) is 5.91 Å². The third-order valence-corrected chi connectivity index (χ3v) is 4.37. The Kier molecular flexibility index (Phi) is 4.61. The van der Waals surface area contributed by atoms with Crippen molar-refractivity contribution in [2.24, 2.45) is 0 Å². The van der Waals surface area contributed by atoms with Crippen LogP contribution in [0.15, 0.2) is 18.2 Å². The van der Waals surface area contributed by atoms with Crippen LogP contribution in [0.4, 0.5) is 10.1 Å². The number of benzene rings is 1. The topological polar surface area (TPSA) is 52.7 Å². The average molecular weight is 319 g/mol. The van der Waals surface area contributed by atoms with E-state index < -0.39 is 5.82 Å². The molecule has 1 aromatic rings. The minimum absolute atomic E-state index is 0.0798. The zero-order valence-electron chi connectivity index (χ0n) is 13.3. The summed E-state index contributed by atoms with van der Waals surface area (Å²) >= 11 is 0. The normalized spacial score (nSPS) is 18.8. The zero-order chi connectivity index (χ0) is 16.4. The molecule has 23 heavy (non-hydrogen) atoms. The lowest BCUT2D eigenvalue weighted by atomic mass is 10.1. The fourth-order valence-corrected chi connectivity index (χ4v) is 2.98. The van der Waals surface area contributed by atoms with Gasteiger partial charge in [-0.05, 0) is 31.9 Å². The van der Waals surface area contributed by atoms with Crippen molar-refractivity contribution in [3.63, 3.8) is 0 Å². The van der Waals surface area contributed by atoms with Crippen LogP contribution in [0, 0.1) is 5.82 Å². The maximum atomic E-state index is 13.9. The summed E-state index contributed by atoms with van der Waals surface area (Å²) in [6, 6.07) is 5.12. The molecule has 5 nitrogen and oxygen atoms in total. The standard InChI is InChI=1S/C17H22FN3O2/c1-12(22)17-14(18)3-2-4-15(17)21-9-7-20(8-10-21)11-16(23)19-13-5-6-13/h2-4,13H,5-11H2,1H3,(H,19,23). The van der Waals surface area contributed by atoms with Gasteiger partial charge in [0.25, 0.3) is 0 Å². The number of rotatable bonds is 5. The summed E-state index contributed by atoms with van der Waals surface area (Å²) in [4.78, 5) is 27.7. The molecule has 124 valence electrons. The van der Waals surface area contributed by atoms with Crippen LogP contribution in [-0.2, 0) is 4.79 Å². The van der Waals surface area contributed by atoms with Crippen molar-refractivity contribution in [3.8, 4) is 0 Å². The lowest BCUT2D eigenvalue weighted by Crippen LogP contribution is -2.50. The summed E-state index contributed by atoms with van der Waals surface area (Å²) < 4.78 is 13.9. The second-order valence-corrected chi connectivity index (χ2v) is 6.30. The van der Waals surface area contributed by atoms with Crippen LogP contribution in [-0.4, -0.2) is 55.4 Å². The Labute approximate surface area is 135 Å². The van der Waals surface area contributed by atoms with Crippen LogP contribution in [0.2, 0.25) is 0 Å². The van der Waals surface area contributed by atoms with Gasteiger partial charge in [0.05, 0.1) is 17.8 Å². The van der Waals surface area contributed by atoms with Crippen molar-refractivity contribution < 1.29 is 14.0 Å². The number of hydrogen-bond acceptors (Lipinski definition) is 4. The lowest BCUT2D eigenvalue weighted by Gasteiger charge is -2.36. The molecule has 0 unspecified atom stereocenters. The van der Waals surface area contributed by atoms with Gasteiger partial charge in [-0.1, -0.05) is 6.07 Å². The quantitative estimate of drug-likeness (QED) is 0.834. The van der Waals surface area contributed by atoms with Gasteiger partial charge < -0.3 is 10.2 Å². The molecule has 2 fully saturated rings.